The van der Waals surface area contributed by atoms with E-state index in [1.165, 1.54) is 42.1 Å². The van der Waals surface area contributed by atoms with Gasteiger partial charge in [0, 0.05) is 5.69 Å². The van der Waals surface area contributed by atoms with Crippen molar-refractivity contribution >= 4 is 35.0 Å². The maximum absolute atomic E-state index is 13.3. The summed E-state index contributed by atoms with van der Waals surface area (Å²) in [6.45, 7) is 0. The molecule has 0 spiro atoms. The number of carbonyl (C=O) groups excluding carboxylic acids is 1. The number of amides is 1. The minimum Gasteiger partial charge on any atom is -0.295 e. The summed E-state index contributed by atoms with van der Waals surface area (Å²) < 4.78 is 26.3. The third-order valence-corrected chi connectivity index (χ3v) is 4.71. The molecular formula is C15H10ClF2NOS. The van der Waals surface area contributed by atoms with Gasteiger partial charge in [-0.3, -0.25) is 9.69 Å². The van der Waals surface area contributed by atoms with Crippen LogP contribution in [0, 0.1) is 11.6 Å². The summed E-state index contributed by atoms with van der Waals surface area (Å²) in [6, 6.07) is 10.2. The molecule has 0 unspecified atom stereocenters. The van der Waals surface area contributed by atoms with E-state index in [2.05, 4.69) is 0 Å². The molecule has 1 saturated heterocycles. The number of thioether (sulfide) groups is 1. The molecule has 3 rings (SSSR count). The lowest BCUT2D eigenvalue weighted by atomic mass is 10.2. The summed E-state index contributed by atoms with van der Waals surface area (Å²) >= 11 is 7.22. The normalized spacial score (nSPS) is 18.3. The molecule has 21 heavy (non-hydrogen) atoms. The summed E-state index contributed by atoms with van der Waals surface area (Å²) in [5.74, 6) is -0.628. The van der Waals surface area contributed by atoms with Crippen molar-refractivity contribution < 1.29 is 13.6 Å². The molecule has 1 atom stereocenters. The van der Waals surface area contributed by atoms with Gasteiger partial charge in [0.25, 0.3) is 0 Å². The summed E-state index contributed by atoms with van der Waals surface area (Å²) in [6.07, 6.45) is 0. The van der Waals surface area contributed by atoms with Crippen molar-refractivity contribution in [3.8, 4) is 0 Å². The molecule has 0 saturated carbocycles. The first-order valence-electron chi connectivity index (χ1n) is 6.20. The quantitative estimate of drug-likeness (QED) is 0.816. The fourth-order valence-electron chi connectivity index (χ4n) is 2.21. The van der Waals surface area contributed by atoms with Crippen molar-refractivity contribution in [1.29, 1.82) is 0 Å². The smallest absolute Gasteiger partial charge is 0.238 e. The van der Waals surface area contributed by atoms with Crippen molar-refractivity contribution in [1.82, 2.24) is 0 Å². The van der Waals surface area contributed by atoms with E-state index in [-0.39, 0.29) is 22.1 Å². The van der Waals surface area contributed by atoms with Crippen LogP contribution in [-0.4, -0.2) is 11.7 Å². The van der Waals surface area contributed by atoms with Crippen LogP contribution in [0.1, 0.15) is 10.9 Å². The predicted octanol–water partition coefficient (Wildman–Crippen LogP) is 4.40. The van der Waals surface area contributed by atoms with Crippen LogP contribution in [0.15, 0.2) is 42.5 Å². The Morgan fingerprint density at radius 3 is 2.52 bits per heavy atom. The predicted molar refractivity (Wildman–Crippen MR) is 80.5 cm³/mol. The number of nitrogens with zero attached hydrogens (tertiary/aromatic N) is 1. The number of hydrogen-bond donors (Lipinski definition) is 0. The van der Waals surface area contributed by atoms with Crippen LogP contribution >= 0.6 is 23.4 Å². The van der Waals surface area contributed by atoms with E-state index in [0.29, 0.717) is 11.4 Å². The first kappa shape index (κ1) is 14.4. The molecule has 108 valence electrons. The van der Waals surface area contributed by atoms with Gasteiger partial charge in [0.1, 0.15) is 17.0 Å². The summed E-state index contributed by atoms with van der Waals surface area (Å²) in [5.41, 5.74) is 1.35. The number of hydrogen-bond acceptors (Lipinski definition) is 2. The lowest BCUT2D eigenvalue weighted by molar-refractivity contribution is -0.115. The fourth-order valence-corrected chi connectivity index (χ4v) is 3.56. The molecule has 2 nitrogen and oxygen atoms in total. The van der Waals surface area contributed by atoms with Crippen LogP contribution < -0.4 is 4.90 Å². The molecule has 0 bridgehead atoms. The zero-order chi connectivity index (χ0) is 15.0. The maximum Gasteiger partial charge on any atom is 0.238 e. The van der Waals surface area contributed by atoms with Gasteiger partial charge in [-0.25, -0.2) is 8.78 Å². The Bertz CT molecular complexity index is 693. The van der Waals surface area contributed by atoms with Crippen molar-refractivity contribution in [3.05, 3.63) is 64.7 Å². The van der Waals surface area contributed by atoms with Crippen molar-refractivity contribution in [3.63, 3.8) is 0 Å². The van der Waals surface area contributed by atoms with Gasteiger partial charge >= 0.3 is 0 Å². The molecule has 2 aromatic carbocycles. The molecule has 6 heteroatoms. The number of rotatable bonds is 2. The van der Waals surface area contributed by atoms with Gasteiger partial charge in [-0.2, -0.15) is 0 Å². The van der Waals surface area contributed by atoms with E-state index in [4.69, 9.17) is 11.6 Å². The summed E-state index contributed by atoms with van der Waals surface area (Å²) in [7, 11) is 0. The minimum absolute atomic E-state index is 0.0324. The SMILES string of the molecule is O=C1CS[C@@H](c2ccc(F)cc2)N1c1ccc(F)c(Cl)c1. The summed E-state index contributed by atoms with van der Waals surface area (Å²) in [5, 5.41) is -0.297. The Hall–Kier alpha value is -1.59. The number of anilines is 1. The van der Waals surface area contributed by atoms with Crippen LogP contribution in [-0.2, 0) is 4.79 Å². The Morgan fingerprint density at radius 1 is 1.14 bits per heavy atom. The molecule has 1 aliphatic heterocycles. The average Bonchev–Trinajstić information content (AvgIpc) is 2.85. The van der Waals surface area contributed by atoms with Gasteiger partial charge in [0.2, 0.25) is 5.91 Å². The Morgan fingerprint density at radius 2 is 1.86 bits per heavy atom. The van der Waals surface area contributed by atoms with E-state index in [9.17, 15) is 13.6 Å². The summed E-state index contributed by atoms with van der Waals surface area (Å²) in [4.78, 5) is 13.7. The molecule has 0 radical (unpaired) electrons. The Kier molecular flexibility index (Phi) is 3.87. The number of benzene rings is 2. The van der Waals surface area contributed by atoms with Crippen LogP contribution in [0.5, 0.6) is 0 Å². The fraction of sp³-hybridized carbons (Fsp3) is 0.133. The van der Waals surface area contributed by atoms with Crippen LogP contribution in [0.2, 0.25) is 5.02 Å². The van der Waals surface area contributed by atoms with E-state index < -0.39 is 5.82 Å². The van der Waals surface area contributed by atoms with E-state index in [1.807, 2.05) is 0 Å². The van der Waals surface area contributed by atoms with Crippen molar-refractivity contribution in [2.24, 2.45) is 0 Å². The molecule has 0 aromatic heterocycles. The molecular weight excluding hydrogens is 316 g/mol. The van der Waals surface area contributed by atoms with Gasteiger partial charge in [0.05, 0.1) is 10.8 Å². The topological polar surface area (TPSA) is 20.3 Å². The zero-order valence-electron chi connectivity index (χ0n) is 10.7. The largest absolute Gasteiger partial charge is 0.295 e. The third-order valence-electron chi connectivity index (χ3n) is 3.20. The second-order valence-electron chi connectivity index (χ2n) is 4.58. The molecule has 1 heterocycles. The second kappa shape index (κ2) is 5.66. The standard InChI is InChI=1S/C15H10ClF2NOS/c16-12-7-11(5-6-13(12)18)19-14(20)8-21-15(19)9-1-3-10(17)4-2-9/h1-7,15H,8H2/t15-/m0/s1. The van der Waals surface area contributed by atoms with E-state index >= 15 is 0 Å². The molecule has 2 aromatic rings. The second-order valence-corrected chi connectivity index (χ2v) is 6.05. The van der Waals surface area contributed by atoms with Crippen molar-refractivity contribution in [2.45, 2.75) is 5.37 Å². The monoisotopic (exact) mass is 325 g/mol. The highest BCUT2D eigenvalue weighted by atomic mass is 35.5. The average molecular weight is 326 g/mol. The highest BCUT2D eigenvalue weighted by Crippen LogP contribution is 2.42. The Labute approximate surface area is 129 Å². The molecule has 0 aliphatic carbocycles. The highest BCUT2D eigenvalue weighted by molar-refractivity contribution is 8.00. The lowest BCUT2D eigenvalue weighted by Crippen LogP contribution is -2.27. The van der Waals surface area contributed by atoms with E-state index in [0.717, 1.165) is 5.56 Å². The lowest BCUT2D eigenvalue weighted by Gasteiger charge is -2.24. The number of carbonyl (C=O) groups is 1. The molecule has 1 amide bonds. The van der Waals surface area contributed by atoms with Crippen LogP contribution in [0.4, 0.5) is 14.5 Å². The third kappa shape index (κ3) is 2.76. The van der Waals surface area contributed by atoms with Gasteiger partial charge < -0.3 is 0 Å². The first-order valence-corrected chi connectivity index (χ1v) is 7.63. The highest BCUT2D eigenvalue weighted by Gasteiger charge is 2.34. The van der Waals surface area contributed by atoms with E-state index in [1.54, 1.807) is 17.0 Å². The first-order chi connectivity index (χ1) is 10.1. The van der Waals surface area contributed by atoms with Gasteiger partial charge in [0.15, 0.2) is 0 Å². The molecule has 0 N–H and O–H groups in total. The Balaban J connectivity index is 1.99. The minimum atomic E-state index is -0.530. The zero-order valence-corrected chi connectivity index (χ0v) is 12.3. The van der Waals surface area contributed by atoms with Crippen molar-refractivity contribution in [2.75, 3.05) is 10.7 Å². The maximum atomic E-state index is 13.3. The van der Waals surface area contributed by atoms with Gasteiger partial charge in [-0.15, -0.1) is 11.8 Å². The van der Waals surface area contributed by atoms with Crippen LogP contribution in [0.3, 0.4) is 0 Å². The number of halogens is 3. The van der Waals surface area contributed by atoms with Gasteiger partial charge in [-0.1, -0.05) is 23.7 Å². The molecule has 1 aliphatic rings. The van der Waals surface area contributed by atoms with Gasteiger partial charge in [-0.05, 0) is 35.9 Å². The van der Waals surface area contributed by atoms with Crippen LogP contribution in [0.25, 0.3) is 0 Å². The molecule has 1 fully saturated rings.